The zero-order valence-electron chi connectivity index (χ0n) is 14.8. The molecule has 0 amide bonds. The van der Waals surface area contributed by atoms with Crippen molar-refractivity contribution < 1.29 is 0 Å². The first kappa shape index (κ1) is 17.9. The Kier molecular flexibility index (Phi) is 6.44. The molecule has 0 spiro atoms. The molecule has 0 bridgehead atoms. The van der Waals surface area contributed by atoms with Crippen LogP contribution in [0.3, 0.4) is 0 Å². The van der Waals surface area contributed by atoms with Gasteiger partial charge in [0.15, 0.2) is 5.11 Å². The molecular formula is C18H28N6S. The third kappa shape index (κ3) is 5.04. The molecule has 2 aliphatic rings. The van der Waals surface area contributed by atoms with E-state index >= 15 is 0 Å². The Hall–Kier alpha value is -1.89. The van der Waals surface area contributed by atoms with Gasteiger partial charge in [0, 0.05) is 38.8 Å². The van der Waals surface area contributed by atoms with Gasteiger partial charge >= 0.3 is 0 Å². The van der Waals surface area contributed by atoms with Gasteiger partial charge in [0.2, 0.25) is 5.95 Å². The molecule has 7 heteroatoms. The van der Waals surface area contributed by atoms with Gasteiger partial charge in [-0.1, -0.05) is 18.9 Å². The molecule has 2 saturated heterocycles. The van der Waals surface area contributed by atoms with Crippen LogP contribution >= 0.6 is 12.2 Å². The molecule has 136 valence electrons. The average Bonchev–Trinajstić information content (AvgIpc) is 3.02. The second-order valence-corrected chi connectivity index (χ2v) is 7.04. The molecule has 1 aromatic rings. The maximum absolute atomic E-state index is 5.32. The lowest BCUT2D eigenvalue weighted by atomic mass is 10.2. The van der Waals surface area contributed by atoms with Gasteiger partial charge in [-0.3, -0.25) is 0 Å². The number of aromatic nitrogens is 2. The zero-order valence-corrected chi connectivity index (χ0v) is 15.7. The van der Waals surface area contributed by atoms with Gasteiger partial charge in [-0.15, -0.1) is 6.58 Å². The second kappa shape index (κ2) is 8.99. The molecule has 25 heavy (non-hydrogen) atoms. The third-order valence-corrected chi connectivity index (χ3v) is 4.94. The summed E-state index contributed by atoms with van der Waals surface area (Å²) in [5, 5.41) is 6.73. The lowest BCUT2D eigenvalue weighted by molar-refractivity contribution is 0.726. The van der Waals surface area contributed by atoms with E-state index in [0.29, 0.717) is 17.6 Å². The summed E-state index contributed by atoms with van der Waals surface area (Å²) in [5.41, 5.74) is 0. The van der Waals surface area contributed by atoms with Gasteiger partial charge in [-0.05, 0) is 37.9 Å². The summed E-state index contributed by atoms with van der Waals surface area (Å²) >= 11 is 5.32. The van der Waals surface area contributed by atoms with Crippen molar-refractivity contribution in [3.63, 3.8) is 0 Å². The van der Waals surface area contributed by atoms with Crippen LogP contribution in [0, 0.1) is 0 Å². The molecule has 3 heterocycles. The number of thiocarbonyl (C=S) groups is 1. The Labute approximate surface area is 155 Å². The lowest BCUT2D eigenvalue weighted by Crippen LogP contribution is -2.31. The zero-order chi connectivity index (χ0) is 17.5. The Morgan fingerprint density at radius 3 is 2.04 bits per heavy atom. The fourth-order valence-corrected chi connectivity index (χ4v) is 3.53. The summed E-state index contributed by atoms with van der Waals surface area (Å²) in [6, 6.07) is 2.14. The van der Waals surface area contributed by atoms with Crippen molar-refractivity contribution in [2.75, 3.05) is 47.8 Å². The quantitative estimate of drug-likeness (QED) is 0.618. The van der Waals surface area contributed by atoms with Crippen LogP contribution in [0.5, 0.6) is 0 Å². The first-order valence-electron chi connectivity index (χ1n) is 9.31. The predicted molar refractivity (Wildman–Crippen MR) is 109 cm³/mol. The van der Waals surface area contributed by atoms with Crippen LogP contribution in [0.2, 0.25) is 0 Å². The van der Waals surface area contributed by atoms with Crippen molar-refractivity contribution in [2.45, 2.75) is 38.5 Å². The fourth-order valence-electron chi connectivity index (χ4n) is 3.36. The van der Waals surface area contributed by atoms with Crippen LogP contribution in [0.15, 0.2) is 18.7 Å². The maximum atomic E-state index is 5.32. The molecule has 0 radical (unpaired) electrons. The summed E-state index contributed by atoms with van der Waals surface area (Å²) in [7, 11) is 0. The minimum atomic E-state index is 0.528. The summed E-state index contributed by atoms with van der Waals surface area (Å²) < 4.78 is 0. The summed E-state index contributed by atoms with van der Waals surface area (Å²) in [6.07, 6.45) is 9.30. The van der Waals surface area contributed by atoms with E-state index in [4.69, 9.17) is 22.2 Å². The predicted octanol–water partition coefficient (Wildman–Crippen LogP) is 2.93. The molecule has 1 aromatic heterocycles. The van der Waals surface area contributed by atoms with Crippen molar-refractivity contribution >= 4 is 34.9 Å². The number of hydrogen-bond acceptors (Lipinski definition) is 5. The Morgan fingerprint density at radius 1 is 1.00 bits per heavy atom. The van der Waals surface area contributed by atoms with E-state index in [9.17, 15) is 0 Å². The number of anilines is 3. The molecule has 6 nitrogen and oxygen atoms in total. The van der Waals surface area contributed by atoms with Crippen molar-refractivity contribution in [3.05, 3.63) is 18.7 Å². The first-order chi connectivity index (χ1) is 12.3. The molecular weight excluding hydrogens is 332 g/mol. The summed E-state index contributed by atoms with van der Waals surface area (Å²) in [5.74, 6) is 2.58. The van der Waals surface area contributed by atoms with Gasteiger partial charge in [-0.2, -0.15) is 9.97 Å². The molecule has 2 N–H and O–H groups in total. The SMILES string of the molecule is C=CCNC(=S)Nc1nc(N2CCCCCC2)cc(N2CCCC2)n1. The maximum Gasteiger partial charge on any atom is 0.232 e. The highest BCUT2D eigenvalue weighted by Gasteiger charge is 2.19. The highest BCUT2D eigenvalue weighted by Crippen LogP contribution is 2.26. The second-order valence-electron chi connectivity index (χ2n) is 6.63. The molecule has 0 aliphatic carbocycles. The van der Waals surface area contributed by atoms with Crippen molar-refractivity contribution in [2.24, 2.45) is 0 Å². The molecule has 2 fully saturated rings. The number of nitrogens with zero attached hydrogens (tertiary/aromatic N) is 4. The molecule has 3 rings (SSSR count). The molecule has 0 saturated carbocycles. The van der Waals surface area contributed by atoms with E-state index in [1.54, 1.807) is 6.08 Å². The highest BCUT2D eigenvalue weighted by molar-refractivity contribution is 7.80. The van der Waals surface area contributed by atoms with E-state index in [-0.39, 0.29) is 0 Å². The smallest absolute Gasteiger partial charge is 0.232 e. The van der Waals surface area contributed by atoms with Crippen LogP contribution in [0.1, 0.15) is 38.5 Å². The van der Waals surface area contributed by atoms with E-state index in [0.717, 1.165) is 37.8 Å². The van der Waals surface area contributed by atoms with Gasteiger partial charge in [0.05, 0.1) is 0 Å². The first-order valence-corrected chi connectivity index (χ1v) is 9.72. The topological polar surface area (TPSA) is 56.3 Å². The molecule has 0 atom stereocenters. The minimum Gasteiger partial charge on any atom is -0.359 e. The van der Waals surface area contributed by atoms with Crippen LogP contribution in [0.4, 0.5) is 17.6 Å². The number of rotatable bonds is 5. The van der Waals surface area contributed by atoms with E-state index in [2.05, 4.69) is 33.1 Å². The van der Waals surface area contributed by atoms with E-state index in [1.807, 2.05) is 0 Å². The Bertz CT molecular complexity index is 591. The van der Waals surface area contributed by atoms with Gasteiger partial charge in [0.1, 0.15) is 11.6 Å². The van der Waals surface area contributed by atoms with Crippen LogP contribution in [-0.4, -0.2) is 47.8 Å². The normalized spacial score (nSPS) is 17.9. The highest BCUT2D eigenvalue weighted by atomic mass is 32.1. The van der Waals surface area contributed by atoms with Crippen LogP contribution < -0.4 is 20.4 Å². The number of hydrogen-bond donors (Lipinski definition) is 2. The Balaban J connectivity index is 1.82. The minimum absolute atomic E-state index is 0.528. The van der Waals surface area contributed by atoms with Crippen LogP contribution in [0.25, 0.3) is 0 Å². The molecule has 0 unspecified atom stereocenters. The van der Waals surface area contributed by atoms with Gasteiger partial charge < -0.3 is 20.4 Å². The molecule has 2 aliphatic heterocycles. The van der Waals surface area contributed by atoms with Crippen molar-refractivity contribution in [3.8, 4) is 0 Å². The van der Waals surface area contributed by atoms with E-state index in [1.165, 1.54) is 38.5 Å². The van der Waals surface area contributed by atoms with Crippen molar-refractivity contribution in [1.82, 2.24) is 15.3 Å². The lowest BCUT2D eigenvalue weighted by Gasteiger charge is -2.25. The summed E-state index contributed by atoms with van der Waals surface area (Å²) in [6.45, 7) is 8.58. The van der Waals surface area contributed by atoms with E-state index < -0.39 is 0 Å². The Morgan fingerprint density at radius 2 is 1.52 bits per heavy atom. The van der Waals surface area contributed by atoms with Crippen molar-refractivity contribution in [1.29, 1.82) is 0 Å². The number of nitrogens with one attached hydrogen (secondary N) is 2. The standard InChI is InChI=1S/C18H28N6S/c1-2-9-19-18(25)22-17-20-15(23-10-5-3-4-6-11-23)14-16(21-17)24-12-7-8-13-24/h2,14H,1,3-13H2,(H2,19,20,21,22,25). The average molecular weight is 361 g/mol. The largest absolute Gasteiger partial charge is 0.359 e. The monoisotopic (exact) mass is 360 g/mol. The summed E-state index contributed by atoms with van der Waals surface area (Å²) in [4.78, 5) is 14.2. The van der Waals surface area contributed by atoms with Gasteiger partial charge in [-0.25, -0.2) is 0 Å². The molecule has 0 aromatic carbocycles. The fraction of sp³-hybridized carbons (Fsp3) is 0.611. The van der Waals surface area contributed by atoms with Crippen LogP contribution in [-0.2, 0) is 0 Å². The van der Waals surface area contributed by atoms with Gasteiger partial charge in [0.25, 0.3) is 0 Å². The third-order valence-electron chi connectivity index (χ3n) is 4.69.